The predicted octanol–water partition coefficient (Wildman–Crippen LogP) is 2.09. The Hall–Kier alpha value is -3.29. The van der Waals surface area contributed by atoms with Gasteiger partial charge in [-0.1, -0.05) is 6.07 Å². The van der Waals surface area contributed by atoms with Gasteiger partial charge in [-0.25, -0.2) is 0 Å². The molecule has 1 heterocycles. The van der Waals surface area contributed by atoms with Crippen LogP contribution in [0.1, 0.15) is 12.5 Å². The van der Waals surface area contributed by atoms with Gasteiger partial charge in [-0.05, 0) is 11.6 Å². The summed E-state index contributed by atoms with van der Waals surface area (Å²) in [5, 5.41) is 2.75. The van der Waals surface area contributed by atoms with Crippen LogP contribution >= 0.6 is 0 Å². The Balaban J connectivity index is 2.12. The number of methoxy groups -OCH3 is 3. The van der Waals surface area contributed by atoms with Crippen LogP contribution in [0.3, 0.4) is 0 Å². The molecule has 0 aliphatic rings. The van der Waals surface area contributed by atoms with E-state index in [1.54, 1.807) is 30.6 Å². The molecule has 0 radical (unpaired) electrons. The molecule has 8 nitrogen and oxygen atoms in total. The van der Waals surface area contributed by atoms with Crippen LogP contribution in [0, 0.1) is 0 Å². The van der Waals surface area contributed by atoms with E-state index in [0.29, 0.717) is 29.5 Å². The van der Waals surface area contributed by atoms with E-state index in [1.807, 2.05) is 6.07 Å². The van der Waals surface area contributed by atoms with E-state index in [2.05, 4.69) is 10.3 Å². The Labute approximate surface area is 158 Å². The van der Waals surface area contributed by atoms with E-state index in [1.165, 1.54) is 33.2 Å². The molecule has 0 spiro atoms. The van der Waals surface area contributed by atoms with Gasteiger partial charge in [0.15, 0.2) is 11.5 Å². The molecule has 0 fully saturated rings. The zero-order valence-electron chi connectivity index (χ0n) is 15.8. The van der Waals surface area contributed by atoms with Crippen LogP contribution in [0.15, 0.2) is 36.7 Å². The molecule has 0 saturated carbocycles. The molecule has 0 aliphatic carbocycles. The number of nitrogens with zero attached hydrogens (tertiary/aromatic N) is 2. The zero-order valence-corrected chi connectivity index (χ0v) is 15.8. The third kappa shape index (κ3) is 5.34. The number of hydrogen-bond acceptors (Lipinski definition) is 6. The van der Waals surface area contributed by atoms with Gasteiger partial charge in [-0.15, -0.1) is 0 Å². The molecule has 1 aromatic carbocycles. The Kier molecular flexibility index (Phi) is 6.99. The standard InChI is InChI=1S/C19H23N3O5/c1-13(23)22(11-14-6-5-7-20-10-14)12-18(24)21-15-8-16(25-2)19(27-4)17(9-15)26-3/h5-10H,11-12H2,1-4H3,(H,21,24). The molecule has 0 atom stereocenters. The molecule has 0 bridgehead atoms. The number of aromatic nitrogens is 1. The van der Waals surface area contributed by atoms with Gasteiger partial charge >= 0.3 is 0 Å². The lowest BCUT2D eigenvalue weighted by Crippen LogP contribution is -2.36. The van der Waals surface area contributed by atoms with Crippen molar-refractivity contribution in [1.82, 2.24) is 9.88 Å². The van der Waals surface area contributed by atoms with Crippen molar-refractivity contribution < 1.29 is 23.8 Å². The SMILES string of the molecule is COc1cc(NC(=O)CN(Cc2cccnc2)C(C)=O)cc(OC)c1OC. The van der Waals surface area contributed by atoms with Gasteiger partial charge in [-0.2, -0.15) is 0 Å². The number of hydrogen-bond donors (Lipinski definition) is 1. The molecule has 0 saturated heterocycles. The van der Waals surface area contributed by atoms with Crippen LogP contribution in [0.25, 0.3) is 0 Å². The van der Waals surface area contributed by atoms with Gasteiger partial charge in [0.05, 0.1) is 21.3 Å². The molecule has 2 rings (SSSR count). The Morgan fingerprint density at radius 3 is 2.26 bits per heavy atom. The third-order valence-corrected chi connectivity index (χ3v) is 3.82. The molecule has 1 N–H and O–H groups in total. The third-order valence-electron chi connectivity index (χ3n) is 3.82. The lowest BCUT2D eigenvalue weighted by molar-refractivity contribution is -0.133. The summed E-state index contributed by atoms with van der Waals surface area (Å²) in [6.07, 6.45) is 3.31. The summed E-state index contributed by atoms with van der Waals surface area (Å²) in [4.78, 5) is 29.8. The van der Waals surface area contributed by atoms with Crippen molar-refractivity contribution in [1.29, 1.82) is 0 Å². The highest BCUT2D eigenvalue weighted by Crippen LogP contribution is 2.39. The maximum atomic E-state index is 12.4. The Bertz CT molecular complexity index is 770. The first-order valence-corrected chi connectivity index (χ1v) is 8.22. The average molecular weight is 373 g/mol. The van der Waals surface area contributed by atoms with Crippen molar-refractivity contribution in [2.45, 2.75) is 13.5 Å². The van der Waals surface area contributed by atoms with Crippen molar-refractivity contribution in [2.24, 2.45) is 0 Å². The van der Waals surface area contributed by atoms with E-state index in [-0.39, 0.29) is 18.4 Å². The Morgan fingerprint density at radius 1 is 1.11 bits per heavy atom. The summed E-state index contributed by atoms with van der Waals surface area (Å²) in [5.41, 5.74) is 1.31. The van der Waals surface area contributed by atoms with Crippen molar-refractivity contribution in [2.75, 3.05) is 33.2 Å². The van der Waals surface area contributed by atoms with Crippen LogP contribution < -0.4 is 19.5 Å². The fourth-order valence-electron chi connectivity index (χ4n) is 2.52. The first-order chi connectivity index (χ1) is 13.0. The van der Waals surface area contributed by atoms with Gasteiger partial charge in [-0.3, -0.25) is 14.6 Å². The van der Waals surface area contributed by atoms with E-state index in [9.17, 15) is 9.59 Å². The number of ether oxygens (including phenoxy) is 3. The van der Waals surface area contributed by atoms with Crippen LogP contribution in [0.5, 0.6) is 17.2 Å². The number of benzene rings is 1. The molecule has 0 aliphatic heterocycles. The number of amides is 2. The highest BCUT2D eigenvalue weighted by Gasteiger charge is 2.17. The van der Waals surface area contributed by atoms with Crippen LogP contribution in [0.2, 0.25) is 0 Å². The van der Waals surface area contributed by atoms with Gasteiger partial charge in [0.2, 0.25) is 17.6 Å². The second kappa shape index (κ2) is 9.42. The number of carbonyl (C=O) groups excluding carboxylic acids is 2. The normalized spacial score (nSPS) is 10.1. The van der Waals surface area contributed by atoms with Gasteiger partial charge in [0.1, 0.15) is 6.54 Å². The number of pyridine rings is 1. The van der Waals surface area contributed by atoms with Crippen LogP contribution in [0.4, 0.5) is 5.69 Å². The van der Waals surface area contributed by atoms with E-state index in [4.69, 9.17) is 14.2 Å². The largest absolute Gasteiger partial charge is 0.493 e. The van der Waals surface area contributed by atoms with Crippen molar-refractivity contribution >= 4 is 17.5 Å². The summed E-state index contributed by atoms with van der Waals surface area (Å²) >= 11 is 0. The fraction of sp³-hybridized carbons (Fsp3) is 0.316. The Morgan fingerprint density at radius 2 is 1.78 bits per heavy atom. The van der Waals surface area contributed by atoms with Gasteiger partial charge in [0, 0.05) is 43.7 Å². The van der Waals surface area contributed by atoms with Crippen molar-refractivity contribution in [3.63, 3.8) is 0 Å². The summed E-state index contributed by atoms with van der Waals surface area (Å²) in [5.74, 6) is 0.721. The van der Waals surface area contributed by atoms with Gasteiger partial charge < -0.3 is 24.4 Å². The first-order valence-electron chi connectivity index (χ1n) is 8.22. The van der Waals surface area contributed by atoms with E-state index in [0.717, 1.165) is 5.56 Å². The lowest BCUT2D eigenvalue weighted by Gasteiger charge is -2.21. The quantitative estimate of drug-likeness (QED) is 0.762. The highest BCUT2D eigenvalue weighted by atomic mass is 16.5. The predicted molar refractivity (Wildman–Crippen MR) is 100 cm³/mol. The minimum absolute atomic E-state index is 0.0963. The molecule has 27 heavy (non-hydrogen) atoms. The second-order valence-electron chi connectivity index (χ2n) is 5.70. The van der Waals surface area contributed by atoms with Crippen molar-refractivity contribution in [3.8, 4) is 17.2 Å². The topological polar surface area (TPSA) is 90.0 Å². The second-order valence-corrected chi connectivity index (χ2v) is 5.70. The van der Waals surface area contributed by atoms with E-state index >= 15 is 0 Å². The fourth-order valence-corrected chi connectivity index (χ4v) is 2.52. The highest BCUT2D eigenvalue weighted by molar-refractivity contribution is 5.94. The minimum atomic E-state index is -0.344. The number of nitrogens with one attached hydrogen (secondary N) is 1. The molecule has 8 heteroatoms. The summed E-state index contributed by atoms with van der Waals surface area (Å²) in [6, 6.07) is 6.88. The smallest absolute Gasteiger partial charge is 0.244 e. The average Bonchev–Trinajstić information content (AvgIpc) is 2.67. The lowest BCUT2D eigenvalue weighted by atomic mass is 10.2. The summed E-state index contributed by atoms with van der Waals surface area (Å²) < 4.78 is 15.8. The molecule has 144 valence electrons. The summed E-state index contributed by atoms with van der Waals surface area (Å²) in [7, 11) is 4.49. The number of anilines is 1. The molecular formula is C19H23N3O5. The molecule has 0 unspecified atom stereocenters. The monoisotopic (exact) mass is 373 g/mol. The van der Waals surface area contributed by atoms with Crippen molar-refractivity contribution in [3.05, 3.63) is 42.2 Å². The maximum absolute atomic E-state index is 12.4. The number of rotatable bonds is 8. The van der Waals surface area contributed by atoms with Crippen LogP contribution in [-0.2, 0) is 16.1 Å². The van der Waals surface area contributed by atoms with E-state index < -0.39 is 0 Å². The molecular weight excluding hydrogens is 350 g/mol. The molecule has 2 amide bonds. The number of carbonyl (C=O) groups is 2. The molecule has 1 aromatic heterocycles. The maximum Gasteiger partial charge on any atom is 0.244 e. The molecule has 2 aromatic rings. The van der Waals surface area contributed by atoms with Crippen LogP contribution in [-0.4, -0.2) is 49.6 Å². The zero-order chi connectivity index (χ0) is 19.8. The summed E-state index contributed by atoms with van der Waals surface area (Å²) in [6.45, 7) is 1.62. The minimum Gasteiger partial charge on any atom is -0.493 e. The van der Waals surface area contributed by atoms with Gasteiger partial charge in [0.25, 0.3) is 0 Å². The first kappa shape index (κ1) is 20.0.